The molecule has 10 heteroatoms. The van der Waals surface area contributed by atoms with E-state index in [1.165, 1.54) is 26.2 Å². The zero-order valence-electron chi connectivity index (χ0n) is 14.0. The number of anilines is 1. The number of benzene rings is 1. The van der Waals surface area contributed by atoms with Gasteiger partial charge in [0.2, 0.25) is 6.79 Å². The minimum Gasteiger partial charge on any atom is -0.454 e. The molecule has 26 heavy (non-hydrogen) atoms. The van der Waals surface area contributed by atoms with Gasteiger partial charge in [0.15, 0.2) is 18.1 Å². The molecular weight excluding hydrogens is 346 g/mol. The van der Waals surface area contributed by atoms with Gasteiger partial charge in [-0.2, -0.15) is 0 Å². The molecule has 136 valence electrons. The van der Waals surface area contributed by atoms with E-state index < -0.39 is 29.7 Å². The van der Waals surface area contributed by atoms with Gasteiger partial charge in [0.1, 0.15) is 5.82 Å². The topological polar surface area (TPSA) is 118 Å². The normalized spacial score (nSPS) is 11.9. The Morgan fingerprint density at radius 1 is 1.12 bits per heavy atom. The smallest absolute Gasteiger partial charge is 0.338 e. The summed E-state index contributed by atoms with van der Waals surface area (Å²) in [6, 6.07) is 5.60. The number of ether oxygens (including phenoxy) is 3. The van der Waals surface area contributed by atoms with Gasteiger partial charge >= 0.3 is 11.7 Å². The summed E-state index contributed by atoms with van der Waals surface area (Å²) in [6.07, 6.45) is 0. The first kappa shape index (κ1) is 17.3. The van der Waals surface area contributed by atoms with Crippen molar-refractivity contribution in [2.45, 2.75) is 0 Å². The highest BCUT2D eigenvalue weighted by Gasteiger charge is 2.18. The van der Waals surface area contributed by atoms with E-state index in [1.54, 1.807) is 6.07 Å². The highest BCUT2D eigenvalue weighted by Crippen LogP contribution is 2.32. The molecule has 0 radical (unpaired) electrons. The summed E-state index contributed by atoms with van der Waals surface area (Å²) >= 11 is 0. The molecule has 1 aromatic heterocycles. The second-order valence-corrected chi connectivity index (χ2v) is 5.46. The molecule has 1 aliphatic heterocycles. The summed E-state index contributed by atoms with van der Waals surface area (Å²) in [5, 5.41) is 2.36. The predicted octanol–water partition coefficient (Wildman–Crippen LogP) is -0.392. The highest BCUT2D eigenvalue weighted by molar-refractivity contribution is 5.95. The molecule has 1 N–H and O–H groups in total. The summed E-state index contributed by atoms with van der Waals surface area (Å²) in [5.74, 6) is -0.481. The largest absolute Gasteiger partial charge is 0.454 e. The number of nitrogens with one attached hydrogen (secondary N) is 1. The predicted molar refractivity (Wildman–Crippen MR) is 88.4 cm³/mol. The van der Waals surface area contributed by atoms with Crippen LogP contribution in [0.25, 0.3) is 0 Å². The van der Waals surface area contributed by atoms with Crippen LogP contribution < -0.4 is 26.0 Å². The fraction of sp³-hybridized carbons (Fsp3) is 0.250. The fourth-order valence-corrected chi connectivity index (χ4v) is 2.27. The molecule has 0 atom stereocenters. The summed E-state index contributed by atoms with van der Waals surface area (Å²) in [6.45, 7) is -0.512. The average Bonchev–Trinajstić information content (AvgIpc) is 3.10. The van der Waals surface area contributed by atoms with Crippen molar-refractivity contribution < 1.29 is 23.8 Å². The van der Waals surface area contributed by atoms with E-state index in [0.717, 1.165) is 15.2 Å². The van der Waals surface area contributed by atoms with Gasteiger partial charge in [0.25, 0.3) is 11.5 Å². The van der Waals surface area contributed by atoms with Gasteiger partial charge in [0, 0.05) is 20.2 Å². The number of carbonyl (C=O) groups is 2. The number of carbonyl (C=O) groups excluding carboxylic acids is 2. The van der Waals surface area contributed by atoms with E-state index in [9.17, 15) is 19.2 Å². The van der Waals surface area contributed by atoms with Crippen molar-refractivity contribution in [2.75, 3.05) is 18.7 Å². The van der Waals surface area contributed by atoms with Crippen molar-refractivity contribution in [1.29, 1.82) is 0 Å². The van der Waals surface area contributed by atoms with Gasteiger partial charge in [-0.15, -0.1) is 0 Å². The van der Waals surface area contributed by atoms with Gasteiger partial charge in [-0.1, -0.05) is 0 Å². The highest BCUT2D eigenvalue weighted by atomic mass is 16.7. The molecule has 0 aliphatic carbocycles. The first-order valence-corrected chi connectivity index (χ1v) is 7.50. The lowest BCUT2D eigenvalue weighted by Crippen LogP contribution is -2.38. The van der Waals surface area contributed by atoms with Gasteiger partial charge in [-0.05, 0) is 18.2 Å². The monoisotopic (exact) mass is 361 g/mol. The second-order valence-electron chi connectivity index (χ2n) is 5.46. The van der Waals surface area contributed by atoms with E-state index in [0.29, 0.717) is 11.5 Å². The molecule has 1 amide bonds. The molecule has 3 rings (SSSR count). The Hall–Kier alpha value is -3.56. The Bertz CT molecular complexity index is 1010. The number of rotatable bonds is 4. The van der Waals surface area contributed by atoms with Crippen molar-refractivity contribution >= 4 is 17.7 Å². The van der Waals surface area contributed by atoms with Crippen LogP contribution in [0, 0.1) is 0 Å². The molecule has 0 bridgehead atoms. The molecule has 2 heterocycles. The van der Waals surface area contributed by atoms with Crippen LogP contribution in [0.2, 0.25) is 0 Å². The quantitative estimate of drug-likeness (QED) is 0.737. The number of aromatic nitrogens is 2. The molecule has 0 spiro atoms. The lowest BCUT2D eigenvalue weighted by molar-refractivity contribution is -0.119. The summed E-state index contributed by atoms with van der Waals surface area (Å²) in [4.78, 5) is 47.4. The summed E-state index contributed by atoms with van der Waals surface area (Å²) in [5.41, 5.74) is -0.964. The average molecular weight is 361 g/mol. The fourth-order valence-electron chi connectivity index (χ4n) is 2.27. The molecule has 0 unspecified atom stereocenters. The Morgan fingerprint density at radius 3 is 2.62 bits per heavy atom. The van der Waals surface area contributed by atoms with E-state index in [2.05, 4.69) is 5.32 Å². The molecule has 1 aromatic carbocycles. The van der Waals surface area contributed by atoms with E-state index in [1.807, 2.05) is 0 Å². The molecule has 10 nitrogen and oxygen atoms in total. The van der Waals surface area contributed by atoms with Crippen molar-refractivity contribution in [3.8, 4) is 11.5 Å². The van der Waals surface area contributed by atoms with Gasteiger partial charge in [0.05, 0.1) is 5.56 Å². The molecule has 0 fully saturated rings. The molecule has 0 saturated carbocycles. The Balaban J connectivity index is 1.63. The summed E-state index contributed by atoms with van der Waals surface area (Å²) in [7, 11) is 2.72. The molecule has 1 aliphatic rings. The second kappa shape index (κ2) is 6.75. The number of amides is 1. The van der Waals surface area contributed by atoms with Gasteiger partial charge in [-0.3, -0.25) is 18.7 Å². The zero-order chi connectivity index (χ0) is 18.8. The number of fused-ring (bicyclic) bond motifs is 1. The van der Waals surface area contributed by atoms with Crippen LogP contribution in [0.5, 0.6) is 11.5 Å². The van der Waals surface area contributed by atoms with E-state index in [-0.39, 0.29) is 18.2 Å². The van der Waals surface area contributed by atoms with E-state index in [4.69, 9.17) is 14.2 Å². The number of esters is 1. The maximum Gasteiger partial charge on any atom is 0.338 e. The lowest BCUT2D eigenvalue weighted by atomic mass is 10.2. The van der Waals surface area contributed by atoms with Crippen LogP contribution in [-0.4, -0.2) is 34.4 Å². The first-order valence-electron chi connectivity index (χ1n) is 7.50. The van der Waals surface area contributed by atoms with Crippen molar-refractivity contribution in [2.24, 2.45) is 14.1 Å². The number of hydrogen-bond donors (Lipinski definition) is 1. The lowest BCUT2D eigenvalue weighted by Gasteiger charge is -2.11. The maximum atomic E-state index is 12.0. The third-order valence-corrected chi connectivity index (χ3v) is 3.74. The van der Waals surface area contributed by atoms with Crippen molar-refractivity contribution in [1.82, 2.24) is 9.13 Å². The van der Waals surface area contributed by atoms with Gasteiger partial charge in [-0.25, -0.2) is 9.59 Å². The van der Waals surface area contributed by atoms with Gasteiger partial charge < -0.3 is 19.5 Å². The van der Waals surface area contributed by atoms with Crippen molar-refractivity contribution in [3.63, 3.8) is 0 Å². The molecular formula is C16H15N3O7. The maximum absolute atomic E-state index is 12.0. The standard InChI is InChI=1S/C16H15N3O7/c1-18-12(6-14(21)19(2)16(18)23)17-13(20)7-24-15(22)9-3-4-10-11(5-9)26-8-25-10/h3-6H,7-8H2,1-2H3,(H,17,20). The van der Waals surface area contributed by atoms with Crippen LogP contribution in [-0.2, 0) is 23.6 Å². The van der Waals surface area contributed by atoms with Crippen LogP contribution >= 0.6 is 0 Å². The van der Waals surface area contributed by atoms with Crippen LogP contribution in [0.3, 0.4) is 0 Å². The van der Waals surface area contributed by atoms with Crippen LogP contribution in [0.15, 0.2) is 33.9 Å². The van der Waals surface area contributed by atoms with Crippen LogP contribution in [0.1, 0.15) is 10.4 Å². The number of hydrogen-bond acceptors (Lipinski definition) is 7. The Kier molecular flexibility index (Phi) is 4.48. The van der Waals surface area contributed by atoms with Crippen LogP contribution in [0.4, 0.5) is 5.82 Å². The minimum absolute atomic E-state index is 0.00206. The SMILES string of the molecule is Cn1c(NC(=O)COC(=O)c2ccc3c(c2)OCO3)cc(=O)n(C)c1=O. The third-order valence-electron chi connectivity index (χ3n) is 3.74. The van der Waals surface area contributed by atoms with E-state index >= 15 is 0 Å². The number of nitrogens with zero attached hydrogens (tertiary/aromatic N) is 2. The minimum atomic E-state index is -0.726. The summed E-state index contributed by atoms with van der Waals surface area (Å²) < 4.78 is 17.2. The zero-order valence-corrected chi connectivity index (χ0v) is 14.0. The first-order chi connectivity index (χ1) is 12.4. The van der Waals surface area contributed by atoms with Crippen molar-refractivity contribution in [3.05, 3.63) is 50.7 Å². The molecule has 2 aromatic rings. The molecule has 0 saturated heterocycles. The Morgan fingerprint density at radius 2 is 1.85 bits per heavy atom. The third kappa shape index (κ3) is 3.29. The Labute approximate surface area is 146 Å².